The van der Waals surface area contributed by atoms with Crippen LogP contribution in [0, 0.1) is 4.91 Å². The molecule has 7 heteroatoms. The summed E-state index contributed by atoms with van der Waals surface area (Å²) >= 11 is 0. The molecule has 1 aliphatic heterocycles. The lowest BCUT2D eigenvalue weighted by Gasteiger charge is -2.25. The first-order valence-electron chi connectivity index (χ1n) is 11.7. The van der Waals surface area contributed by atoms with Crippen LogP contribution in [0.5, 0.6) is 0 Å². The highest BCUT2D eigenvalue weighted by Gasteiger charge is 2.31. The number of esters is 1. The zero-order valence-corrected chi connectivity index (χ0v) is 19.1. The lowest BCUT2D eigenvalue weighted by Crippen LogP contribution is -2.32. The number of hydrogen-bond donors (Lipinski definition) is 1. The Balaban J connectivity index is 1.79. The van der Waals surface area contributed by atoms with E-state index in [0.29, 0.717) is 32.2 Å². The number of hydrogen-bond acceptors (Lipinski definition) is 7. The highest BCUT2D eigenvalue weighted by Crippen LogP contribution is 2.28. The number of ketones is 1. The van der Waals surface area contributed by atoms with Crippen molar-refractivity contribution in [1.82, 2.24) is 0 Å². The number of Topliss-reactive ketones (excluding diaryl/α,β-unsaturated/α-hetero) is 1. The first-order chi connectivity index (χ1) is 15.6. The number of rotatable bonds is 15. The standard InChI is InChI=1S/C25H36N2O5/c1-2-3-6-10-23(28)20-12-14-21(15-13-20)27-18-16-24(29)22(27)9-7-4-5-8-11-25(30)32-19-17-26-31/h4,7,12-15,22-23,28H,2-3,5-6,8-11,16-19H2,1H3/b7-4-/t22-,23?/m0/s1. The fourth-order valence-electron chi connectivity index (χ4n) is 3.91. The van der Waals surface area contributed by atoms with Gasteiger partial charge in [0.05, 0.1) is 12.1 Å². The van der Waals surface area contributed by atoms with Crippen LogP contribution >= 0.6 is 0 Å². The average Bonchev–Trinajstić information content (AvgIpc) is 3.16. The van der Waals surface area contributed by atoms with Gasteiger partial charge in [0.25, 0.3) is 0 Å². The Hall–Kier alpha value is -2.54. The van der Waals surface area contributed by atoms with Gasteiger partial charge < -0.3 is 14.7 Å². The van der Waals surface area contributed by atoms with Crippen molar-refractivity contribution >= 4 is 17.4 Å². The summed E-state index contributed by atoms with van der Waals surface area (Å²) in [5.41, 5.74) is 1.93. The second-order valence-electron chi connectivity index (χ2n) is 8.20. The third-order valence-corrected chi connectivity index (χ3v) is 5.76. The first kappa shape index (κ1) is 25.7. The summed E-state index contributed by atoms with van der Waals surface area (Å²) in [4.78, 5) is 36.0. The molecular formula is C25H36N2O5. The van der Waals surface area contributed by atoms with Crippen molar-refractivity contribution in [2.75, 3.05) is 24.6 Å². The molecule has 1 aliphatic rings. The minimum Gasteiger partial charge on any atom is -0.464 e. The normalized spacial score (nSPS) is 17.1. The fourth-order valence-corrected chi connectivity index (χ4v) is 3.91. The number of aliphatic hydroxyl groups excluding tert-OH is 1. The Morgan fingerprint density at radius 2 is 2.03 bits per heavy atom. The Morgan fingerprint density at radius 3 is 2.75 bits per heavy atom. The van der Waals surface area contributed by atoms with Gasteiger partial charge in [-0.2, -0.15) is 4.91 Å². The van der Waals surface area contributed by atoms with Crippen molar-refractivity contribution in [2.24, 2.45) is 5.18 Å². The lowest BCUT2D eigenvalue weighted by atomic mass is 10.0. The summed E-state index contributed by atoms with van der Waals surface area (Å²) in [5.74, 6) is -0.0798. The summed E-state index contributed by atoms with van der Waals surface area (Å²) in [6, 6.07) is 7.75. The van der Waals surface area contributed by atoms with Crippen molar-refractivity contribution < 1.29 is 19.4 Å². The number of carbonyl (C=O) groups excluding carboxylic acids is 2. The molecule has 2 atom stereocenters. The van der Waals surface area contributed by atoms with E-state index in [1.54, 1.807) is 0 Å². The number of ether oxygens (including phenoxy) is 1. The zero-order valence-electron chi connectivity index (χ0n) is 19.1. The summed E-state index contributed by atoms with van der Waals surface area (Å²) in [6.45, 7) is 2.88. The predicted octanol–water partition coefficient (Wildman–Crippen LogP) is 4.87. The van der Waals surface area contributed by atoms with Crippen LogP contribution in [-0.2, 0) is 14.3 Å². The molecule has 32 heavy (non-hydrogen) atoms. The molecule has 0 saturated carbocycles. The Bertz CT molecular complexity index is 747. The molecule has 176 valence electrons. The molecule has 0 radical (unpaired) electrons. The first-order valence-corrected chi connectivity index (χ1v) is 11.7. The molecule has 1 aromatic carbocycles. The minimum atomic E-state index is -0.437. The van der Waals surface area contributed by atoms with Gasteiger partial charge in [0.15, 0.2) is 5.78 Å². The molecular weight excluding hydrogens is 408 g/mol. The summed E-state index contributed by atoms with van der Waals surface area (Å²) in [7, 11) is 0. The van der Waals surface area contributed by atoms with Gasteiger partial charge in [0.2, 0.25) is 0 Å². The summed E-state index contributed by atoms with van der Waals surface area (Å²) in [5, 5.41) is 13.0. The van der Waals surface area contributed by atoms with Crippen molar-refractivity contribution in [3.8, 4) is 0 Å². The van der Waals surface area contributed by atoms with Gasteiger partial charge in [-0.25, -0.2) is 0 Å². The van der Waals surface area contributed by atoms with Crippen LogP contribution in [0.4, 0.5) is 5.69 Å². The van der Waals surface area contributed by atoms with E-state index >= 15 is 0 Å². The smallest absolute Gasteiger partial charge is 0.305 e. The zero-order chi connectivity index (χ0) is 23.2. The Kier molecular flexibility index (Phi) is 11.7. The van der Waals surface area contributed by atoms with Gasteiger partial charge in [0.1, 0.15) is 13.2 Å². The molecule has 2 rings (SSSR count). The van der Waals surface area contributed by atoms with Gasteiger partial charge in [-0.15, -0.1) is 0 Å². The number of allylic oxidation sites excluding steroid dienone is 1. The number of carbonyl (C=O) groups is 2. The monoisotopic (exact) mass is 444 g/mol. The van der Waals surface area contributed by atoms with Crippen LogP contribution < -0.4 is 4.90 Å². The highest BCUT2D eigenvalue weighted by molar-refractivity contribution is 5.91. The Labute approximate surface area is 190 Å². The number of benzene rings is 1. The molecule has 0 aliphatic carbocycles. The van der Waals surface area contributed by atoms with Crippen LogP contribution in [-0.4, -0.2) is 42.6 Å². The van der Waals surface area contributed by atoms with Crippen LogP contribution in [0.2, 0.25) is 0 Å². The molecule has 0 aromatic heterocycles. The summed E-state index contributed by atoms with van der Waals surface area (Å²) < 4.78 is 4.87. The molecule has 1 saturated heterocycles. The minimum absolute atomic E-state index is 0.0141. The molecule has 1 fully saturated rings. The lowest BCUT2D eigenvalue weighted by molar-refractivity contribution is -0.143. The van der Waals surface area contributed by atoms with Crippen LogP contribution in [0.15, 0.2) is 41.6 Å². The SMILES string of the molecule is CCCCCC(O)c1ccc(N2CCC(=O)[C@@H]2C/C=C\CCCC(=O)OCCN=O)cc1. The van der Waals surface area contributed by atoms with E-state index in [2.05, 4.69) is 17.0 Å². The van der Waals surface area contributed by atoms with Gasteiger partial charge in [-0.3, -0.25) is 9.59 Å². The number of nitrogens with zero attached hydrogens (tertiary/aromatic N) is 2. The molecule has 0 spiro atoms. The van der Waals surface area contributed by atoms with Crippen molar-refractivity contribution in [1.29, 1.82) is 0 Å². The fraction of sp³-hybridized carbons (Fsp3) is 0.600. The third kappa shape index (κ3) is 8.54. The largest absolute Gasteiger partial charge is 0.464 e. The van der Waals surface area contributed by atoms with Crippen molar-refractivity contribution in [2.45, 2.75) is 76.9 Å². The second kappa shape index (κ2) is 14.5. The van der Waals surface area contributed by atoms with Crippen molar-refractivity contribution in [3.05, 3.63) is 46.9 Å². The average molecular weight is 445 g/mol. The van der Waals surface area contributed by atoms with E-state index in [0.717, 1.165) is 43.4 Å². The second-order valence-corrected chi connectivity index (χ2v) is 8.20. The maximum Gasteiger partial charge on any atom is 0.305 e. The van der Waals surface area contributed by atoms with E-state index in [1.165, 1.54) is 0 Å². The van der Waals surface area contributed by atoms with E-state index in [9.17, 15) is 19.6 Å². The van der Waals surface area contributed by atoms with Gasteiger partial charge in [0, 0.05) is 25.1 Å². The molecule has 1 aromatic rings. The molecule has 1 N–H and O–H groups in total. The van der Waals surface area contributed by atoms with E-state index in [-0.39, 0.29) is 30.9 Å². The maximum absolute atomic E-state index is 12.4. The molecule has 7 nitrogen and oxygen atoms in total. The number of aliphatic hydroxyl groups is 1. The summed E-state index contributed by atoms with van der Waals surface area (Å²) in [6.07, 6.45) is 10.5. The van der Waals surface area contributed by atoms with Crippen LogP contribution in [0.3, 0.4) is 0 Å². The van der Waals surface area contributed by atoms with Gasteiger partial charge >= 0.3 is 5.97 Å². The van der Waals surface area contributed by atoms with Crippen LogP contribution in [0.1, 0.15) is 76.4 Å². The number of unbranched alkanes of at least 4 members (excludes halogenated alkanes) is 3. The van der Waals surface area contributed by atoms with Crippen LogP contribution in [0.25, 0.3) is 0 Å². The quantitative estimate of drug-likeness (QED) is 0.179. The van der Waals surface area contributed by atoms with Crippen molar-refractivity contribution in [3.63, 3.8) is 0 Å². The number of nitroso groups, excluding NO2 is 1. The third-order valence-electron chi connectivity index (χ3n) is 5.76. The molecule has 1 unspecified atom stereocenters. The number of anilines is 1. The van der Waals surface area contributed by atoms with E-state index in [1.807, 2.05) is 36.4 Å². The van der Waals surface area contributed by atoms with E-state index in [4.69, 9.17) is 4.74 Å². The molecule has 0 amide bonds. The topological polar surface area (TPSA) is 96.3 Å². The van der Waals surface area contributed by atoms with Gasteiger partial charge in [-0.1, -0.05) is 55.6 Å². The predicted molar refractivity (Wildman–Crippen MR) is 126 cm³/mol. The molecule has 0 bridgehead atoms. The van der Waals surface area contributed by atoms with E-state index < -0.39 is 6.10 Å². The highest BCUT2D eigenvalue weighted by atomic mass is 16.5. The maximum atomic E-state index is 12.4. The van der Waals surface area contributed by atoms with Gasteiger partial charge in [-0.05, 0) is 43.4 Å². The molecule has 1 heterocycles. The Morgan fingerprint density at radius 1 is 1.25 bits per heavy atom.